The van der Waals surface area contributed by atoms with Crippen molar-refractivity contribution in [3.05, 3.63) is 0 Å². The fraction of sp³-hybridized carbons (Fsp3) is 0.923. The van der Waals surface area contributed by atoms with Crippen molar-refractivity contribution in [2.45, 2.75) is 38.3 Å². The zero-order valence-corrected chi connectivity index (χ0v) is 11.3. The molecule has 1 saturated carbocycles. The highest BCUT2D eigenvalue weighted by Crippen LogP contribution is 2.32. The van der Waals surface area contributed by atoms with E-state index in [9.17, 15) is 4.79 Å². The van der Waals surface area contributed by atoms with Crippen LogP contribution in [0.3, 0.4) is 0 Å². The van der Waals surface area contributed by atoms with Gasteiger partial charge in [-0.25, -0.2) is 0 Å². The Morgan fingerprint density at radius 3 is 2.65 bits per heavy atom. The second-order valence-corrected chi connectivity index (χ2v) is 5.66. The zero-order chi connectivity index (χ0) is 12.4. The van der Waals surface area contributed by atoms with E-state index in [1.807, 2.05) is 19.0 Å². The minimum Gasteiger partial charge on any atom is -0.344 e. The number of nitrogens with zero attached hydrogens (tertiary/aromatic N) is 2. The van der Waals surface area contributed by atoms with Gasteiger partial charge in [0.05, 0.1) is 6.04 Å². The van der Waals surface area contributed by atoms with Gasteiger partial charge in [0.1, 0.15) is 0 Å². The number of carbonyl (C=O) groups excluding carboxylic acids is 1. The molecule has 2 fully saturated rings. The van der Waals surface area contributed by atoms with Crippen LogP contribution in [0.1, 0.15) is 26.2 Å². The van der Waals surface area contributed by atoms with E-state index in [1.165, 1.54) is 12.8 Å². The summed E-state index contributed by atoms with van der Waals surface area (Å²) in [6.45, 7) is 5.15. The molecule has 1 amide bonds. The summed E-state index contributed by atoms with van der Waals surface area (Å²) >= 11 is 0. The van der Waals surface area contributed by atoms with Gasteiger partial charge in [-0.2, -0.15) is 0 Å². The third-order valence-corrected chi connectivity index (χ3v) is 3.85. The average Bonchev–Trinajstić information content (AvgIpc) is 3.10. The number of hydrogen-bond acceptors (Lipinski definition) is 3. The van der Waals surface area contributed by atoms with Gasteiger partial charge in [-0.15, -0.1) is 0 Å². The summed E-state index contributed by atoms with van der Waals surface area (Å²) in [5.41, 5.74) is 0. The quantitative estimate of drug-likeness (QED) is 0.777. The molecular weight excluding hydrogens is 214 g/mol. The fourth-order valence-electron chi connectivity index (χ4n) is 2.88. The lowest BCUT2D eigenvalue weighted by Crippen LogP contribution is -2.47. The summed E-state index contributed by atoms with van der Waals surface area (Å²) in [6, 6.07) is 0.777. The van der Waals surface area contributed by atoms with Crippen molar-refractivity contribution in [1.82, 2.24) is 15.1 Å². The van der Waals surface area contributed by atoms with Crippen LogP contribution in [-0.4, -0.2) is 61.5 Å². The molecule has 0 aromatic carbocycles. The molecule has 0 radical (unpaired) electrons. The minimum atomic E-state index is 0.102. The highest BCUT2D eigenvalue weighted by molar-refractivity contribution is 5.82. The maximum Gasteiger partial charge on any atom is 0.239 e. The first-order valence-electron chi connectivity index (χ1n) is 6.78. The third kappa shape index (κ3) is 2.99. The lowest BCUT2D eigenvalue weighted by atomic mass is 10.1. The van der Waals surface area contributed by atoms with E-state index in [1.54, 1.807) is 0 Å². The Kier molecular flexibility index (Phi) is 4.05. The molecule has 4 nitrogen and oxygen atoms in total. The normalized spacial score (nSPS) is 31.7. The van der Waals surface area contributed by atoms with E-state index >= 15 is 0 Å². The van der Waals surface area contributed by atoms with E-state index in [0.29, 0.717) is 17.9 Å². The topological polar surface area (TPSA) is 35.6 Å². The van der Waals surface area contributed by atoms with E-state index in [2.05, 4.69) is 17.1 Å². The number of likely N-dealkylation sites (N-methyl/N-ethyl adjacent to an activating group) is 1. The van der Waals surface area contributed by atoms with Crippen molar-refractivity contribution in [2.75, 3.05) is 33.7 Å². The molecule has 1 N–H and O–H groups in total. The van der Waals surface area contributed by atoms with E-state index in [-0.39, 0.29) is 6.04 Å². The lowest BCUT2D eigenvalue weighted by molar-refractivity contribution is -0.134. The Labute approximate surface area is 104 Å². The van der Waals surface area contributed by atoms with E-state index in [4.69, 9.17) is 0 Å². The average molecular weight is 239 g/mol. The Morgan fingerprint density at radius 2 is 2.06 bits per heavy atom. The van der Waals surface area contributed by atoms with Gasteiger partial charge in [0, 0.05) is 26.2 Å². The molecule has 0 aromatic heterocycles. The van der Waals surface area contributed by atoms with E-state index < -0.39 is 0 Å². The number of hydrogen-bond donors (Lipinski definition) is 1. The summed E-state index contributed by atoms with van der Waals surface area (Å²) in [5, 5.41) is 3.16. The lowest BCUT2D eigenvalue weighted by Gasteiger charge is -2.30. The zero-order valence-electron chi connectivity index (χ0n) is 11.3. The first-order valence-corrected chi connectivity index (χ1v) is 6.78. The largest absolute Gasteiger partial charge is 0.344 e. The molecular formula is C13H25N3O. The van der Waals surface area contributed by atoms with Crippen molar-refractivity contribution >= 4 is 5.91 Å². The molecule has 98 valence electrons. The highest BCUT2D eigenvalue weighted by Gasteiger charge is 2.40. The predicted molar refractivity (Wildman–Crippen MR) is 68.9 cm³/mol. The van der Waals surface area contributed by atoms with Crippen molar-refractivity contribution in [2.24, 2.45) is 5.92 Å². The van der Waals surface area contributed by atoms with Gasteiger partial charge in [0.15, 0.2) is 0 Å². The van der Waals surface area contributed by atoms with Gasteiger partial charge in [-0.3, -0.25) is 9.69 Å². The fourth-order valence-corrected chi connectivity index (χ4v) is 2.88. The SMILES string of the molecule is CNCCC1C(=O)N(C)CC(C)CN1C1CC1. The third-order valence-electron chi connectivity index (χ3n) is 3.85. The standard InChI is InChI=1S/C13H25N3O/c1-10-8-15(3)13(17)12(6-7-14-2)16(9-10)11-4-5-11/h10-12,14H,4-9H2,1-3H3. The second kappa shape index (κ2) is 5.36. The molecule has 1 aliphatic heterocycles. The monoisotopic (exact) mass is 239 g/mol. The molecule has 0 aromatic rings. The molecule has 1 heterocycles. The van der Waals surface area contributed by atoms with Crippen LogP contribution in [-0.2, 0) is 4.79 Å². The van der Waals surface area contributed by atoms with Crippen LogP contribution in [0.2, 0.25) is 0 Å². The van der Waals surface area contributed by atoms with Gasteiger partial charge in [-0.1, -0.05) is 6.92 Å². The van der Waals surface area contributed by atoms with Gasteiger partial charge >= 0.3 is 0 Å². The first-order chi connectivity index (χ1) is 8.13. The number of nitrogens with one attached hydrogen (secondary N) is 1. The molecule has 1 saturated heterocycles. The van der Waals surface area contributed by atoms with E-state index in [0.717, 1.165) is 26.1 Å². The van der Waals surface area contributed by atoms with Crippen LogP contribution in [0.5, 0.6) is 0 Å². The van der Waals surface area contributed by atoms with Crippen LogP contribution < -0.4 is 5.32 Å². The smallest absolute Gasteiger partial charge is 0.239 e. The maximum atomic E-state index is 12.4. The Bertz CT molecular complexity index is 278. The molecule has 2 rings (SSSR count). The molecule has 2 atom stereocenters. The Morgan fingerprint density at radius 1 is 1.35 bits per heavy atom. The Balaban J connectivity index is 2.10. The van der Waals surface area contributed by atoms with Crippen LogP contribution in [0, 0.1) is 5.92 Å². The number of rotatable bonds is 4. The van der Waals surface area contributed by atoms with Gasteiger partial charge in [-0.05, 0) is 38.8 Å². The summed E-state index contributed by atoms with van der Waals surface area (Å²) in [5.74, 6) is 0.903. The first kappa shape index (κ1) is 12.8. The molecule has 2 aliphatic rings. The van der Waals surface area contributed by atoms with Crippen molar-refractivity contribution in [1.29, 1.82) is 0 Å². The minimum absolute atomic E-state index is 0.102. The van der Waals surface area contributed by atoms with Crippen LogP contribution >= 0.6 is 0 Å². The molecule has 0 spiro atoms. The highest BCUT2D eigenvalue weighted by atomic mass is 16.2. The van der Waals surface area contributed by atoms with Gasteiger partial charge in [0.2, 0.25) is 5.91 Å². The maximum absolute atomic E-state index is 12.4. The number of amides is 1. The predicted octanol–water partition coefficient (Wildman–Crippen LogP) is 0.537. The molecule has 17 heavy (non-hydrogen) atoms. The van der Waals surface area contributed by atoms with Crippen molar-refractivity contribution in [3.63, 3.8) is 0 Å². The molecule has 1 aliphatic carbocycles. The van der Waals surface area contributed by atoms with Crippen LogP contribution in [0.15, 0.2) is 0 Å². The van der Waals surface area contributed by atoms with Gasteiger partial charge < -0.3 is 10.2 Å². The van der Waals surface area contributed by atoms with Crippen LogP contribution in [0.25, 0.3) is 0 Å². The summed E-state index contributed by atoms with van der Waals surface area (Å²) in [7, 11) is 3.90. The summed E-state index contributed by atoms with van der Waals surface area (Å²) < 4.78 is 0. The van der Waals surface area contributed by atoms with Crippen LogP contribution in [0.4, 0.5) is 0 Å². The summed E-state index contributed by atoms with van der Waals surface area (Å²) in [6.07, 6.45) is 3.49. The van der Waals surface area contributed by atoms with Gasteiger partial charge in [0.25, 0.3) is 0 Å². The molecule has 2 unspecified atom stereocenters. The van der Waals surface area contributed by atoms with Crippen molar-refractivity contribution in [3.8, 4) is 0 Å². The Hall–Kier alpha value is -0.610. The number of carbonyl (C=O) groups is 1. The molecule has 4 heteroatoms. The summed E-state index contributed by atoms with van der Waals surface area (Å²) in [4.78, 5) is 16.8. The second-order valence-electron chi connectivity index (χ2n) is 5.66. The van der Waals surface area contributed by atoms with Crippen molar-refractivity contribution < 1.29 is 4.79 Å². The molecule has 0 bridgehead atoms.